The lowest BCUT2D eigenvalue weighted by Gasteiger charge is -2.23. The molecule has 0 amide bonds. The van der Waals surface area contributed by atoms with E-state index in [2.05, 4.69) is 139 Å². The van der Waals surface area contributed by atoms with Crippen LogP contribution in [0.1, 0.15) is 0 Å². The van der Waals surface area contributed by atoms with E-state index in [0.29, 0.717) is 0 Å². The third-order valence-electron chi connectivity index (χ3n) is 5.90. The molecule has 0 aliphatic carbocycles. The summed E-state index contributed by atoms with van der Waals surface area (Å²) in [5.74, 6) is 0. The summed E-state index contributed by atoms with van der Waals surface area (Å²) in [6, 6.07) is 46.6. The van der Waals surface area contributed by atoms with Gasteiger partial charge >= 0.3 is 0 Å². The summed E-state index contributed by atoms with van der Waals surface area (Å²) in [4.78, 5) is 2.22. The lowest BCUT2D eigenvalue weighted by molar-refractivity contribution is 1.21. The molecule has 0 saturated heterocycles. The Morgan fingerprint density at radius 1 is 0.455 bits per heavy atom. The van der Waals surface area contributed by atoms with Crippen molar-refractivity contribution in [1.82, 2.24) is 0 Å². The molecule has 5 aromatic carbocycles. The molecule has 5 aromatic rings. The number of rotatable bonds is 6. The van der Waals surface area contributed by atoms with E-state index < -0.39 is 0 Å². The van der Waals surface area contributed by atoms with Crippen LogP contribution >= 0.6 is 0 Å². The van der Waals surface area contributed by atoms with Gasteiger partial charge in [-0.05, 0) is 58.7 Å². The molecule has 160 valence electrons. The van der Waals surface area contributed by atoms with E-state index in [1.165, 1.54) is 22.3 Å². The maximum absolute atomic E-state index is 3.60. The van der Waals surface area contributed by atoms with Gasteiger partial charge in [0.1, 0.15) is 0 Å². The maximum Gasteiger partial charge on any atom is 0.0647 e. The average molecular weight is 427 g/mol. The number of anilines is 4. The molecule has 5 rings (SSSR count). The number of nitrogens with one attached hydrogen (secondary N) is 1. The van der Waals surface area contributed by atoms with Crippen molar-refractivity contribution in [3.63, 3.8) is 0 Å². The van der Waals surface area contributed by atoms with Crippen molar-refractivity contribution in [3.8, 4) is 22.3 Å². The highest BCUT2D eigenvalue weighted by Gasteiger charge is 2.10. The van der Waals surface area contributed by atoms with E-state index in [4.69, 9.17) is 0 Å². The molecule has 0 aliphatic heterocycles. The molecule has 0 radical (unpaired) electrons. The summed E-state index contributed by atoms with van der Waals surface area (Å²) >= 11 is 0. The fourth-order valence-corrected chi connectivity index (χ4v) is 4.05. The molecule has 2 heteroatoms. The zero-order valence-corrected chi connectivity index (χ0v) is 18.6. The minimum Gasteiger partial charge on any atom is -0.354 e. The van der Waals surface area contributed by atoms with Crippen LogP contribution in [0.4, 0.5) is 22.7 Å². The van der Waals surface area contributed by atoms with Crippen molar-refractivity contribution in [2.75, 3.05) is 17.3 Å². The second kappa shape index (κ2) is 9.46. The molecule has 0 heterocycles. The molecule has 0 atom stereocenters. The first-order chi connectivity index (χ1) is 16.3. The highest BCUT2D eigenvalue weighted by molar-refractivity contribution is 5.81. The average Bonchev–Trinajstić information content (AvgIpc) is 2.90. The highest BCUT2D eigenvalue weighted by Crippen LogP contribution is 2.34. The largest absolute Gasteiger partial charge is 0.354 e. The lowest BCUT2D eigenvalue weighted by atomic mass is 10.1. The summed E-state index contributed by atoms with van der Waals surface area (Å²) in [5, 5.41) is 3.60. The zero-order valence-electron chi connectivity index (χ0n) is 18.6. The van der Waals surface area contributed by atoms with Gasteiger partial charge < -0.3 is 10.2 Å². The van der Waals surface area contributed by atoms with Crippen LogP contribution < -0.4 is 10.2 Å². The van der Waals surface area contributed by atoms with Crippen molar-refractivity contribution in [2.24, 2.45) is 0 Å². The van der Waals surface area contributed by atoms with Crippen LogP contribution in [-0.2, 0) is 0 Å². The minimum atomic E-state index is 1.06. The summed E-state index contributed by atoms with van der Waals surface area (Å²) in [6.45, 7) is 0. The molecule has 2 nitrogen and oxygen atoms in total. The molecule has 33 heavy (non-hydrogen) atoms. The molecule has 0 unspecified atom stereocenters. The van der Waals surface area contributed by atoms with E-state index in [0.717, 1.165) is 22.7 Å². The van der Waals surface area contributed by atoms with Crippen LogP contribution in [0, 0.1) is 0 Å². The Bertz CT molecular complexity index is 1310. The van der Waals surface area contributed by atoms with Gasteiger partial charge in [0, 0.05) is 18.4 Å². The van der Waals surface area contributed by atoms with Crippen LogP contribution in [0.25, 0.3) is 22.3 Å². The third kappa shape index (κ3) is 4.65. The van der Waals surface area contributed by atoms with E-state index in [1.54, 1.807) is 0 Å². The fourth-order valence-electron chi connectivity index (χ4n) is 4.05. The molecular formula is C31H26N2. The van der Waals surface area contributed by atoms with E-state index in [1.807, 2.05) is 12.1 Å². The van der Waals surface area contributed by atoms with Gasteiger partial charge in [-0.25, -0.2) is 0 Å². The van der Waals surface area contributed by atoms with Crippen LogP contribution in [0.5, 0.6) is 0 Å². The highest BCUT2D eigenvalue weighted by atomic mass is 15.1. The van der Waals surface area contributed by atoms with Gasteiger partial charge in [0.15, 0.2) is 0 Å². The fraction of sp³-hybridized carbons (Fsp3) is 0.0323. The van der Waals surface area contributed by atoms with E-state index in [9.17, 15) is 0 Å². The SMILES string of the molecule is CN(c1ccc(-c2ccccc2)cc1)c1ccccc1Nc1ccc(-c2ccccc2)cc1. The Kier molecular flexibility index (Phi) is 5.90. The number of nitrogens with zero attached hydrogens (tertiary/aromatic N) is 1. The minimum absolute atomic E-state index is 1.06. The molecule has 0 fully saturated rings. The summed E-state index contributed by atoms with van der Waals surface area (Å²) in [6.07, 6.45) is 0. The summed E-state index contributed by atoms with van der Waals surface area (Å²) < 4.78 is 0. The van der Waals surface area contributed by atoms with Crippen LogP contribution in [0.15, 0.2) is 133 Å². The number of benzene rings is 5. The monoisotopic (exact) mass is 426 g/mol. The predicted molar refractivity (Wildman–Crippen MR) is 142 cm³/mol. The topological polar surface area (TPSA) is 15.3 Å². The van der Waals surface area contributed by atoms with E-state index >= 15 is 0 Å². The number of hydrogen-bond donors (Lipinski definition) is 1. The van der Waals surface area contributed by atoms with Crippen molar-refractivity contribution in [1.29, 1.82) is 0 Å². The Balaban J connectivity index is 1.36. The van der Waals surface area contributed by atoms with Crippen molar-refractivity contribution in [2.45, 2.75) is 0 Å². The van der Waals surface area contributed by atoms with Crippen LogP contribution in [0.3, 0.4) is 0 Å². The molecule has 0 saturated carbocycles. The Morgan fingerprint density at radius 3 is 1.48 bits per heavy atom. The van der Waals surface area contributed by atoms with Crippen molar-refractivity contribution >= 4 is 22.7 Å². The second-order valence-corrected chi connectivity index (χ2v) is 8.06. The van der Waals surface area contributed by atoms with Gasteiger partial charge in [-0.3, -0.25) is 0 Å². The van der Waals surface area contributed by atoms with Gasteiger partial charge in [0.25, 0.3) is 0 Å². The van der Waals surface area contributed by atoms with Gasteiger partial charge in [-0.15, -0.1) is 0 Å². The summed E-state index contributed by atoms with van der Waals surface area (Å²) in [5.41, 5.74) is 9.29. The first-order valence-electron chi connectivity index (χ1n) is 11.2. The summed E-state index contributed by atoms with van der Waals surface area (Å²) in [7, 11) is 2.11. The van der Waals surface area contributed by atoms with Crippen molar-refractivity contribution in [3.05, 3.63) is 133 Å². The molecule has 0 bridgehead atoms. The normalized spacial score (nSPS) is 10.6. The van der Waals surface area contributed by atoms with Crippen LogP contribution in [-0.4, -0.2) is 7.05 Å². The standard InChI is InChI=1S/C31H26N2/c1-33(29-22-18-27(19-23-29)25-12-6-3-7-13-25)31-15-9-8-14-30(31)32-28-20-16-26(17-21-28)24-10-4-2-5-11-24/h2-23,32H,1H3. The van der Waals surface area contributed by atoms with Crippen LogP contribution in [0.2, 0.25) is 0 Å². The van der Waals surface area contributed by atoms with Gasteiger partial charge in [-0.1, -0.05) is 97.1 Å². The Hall–Kier alpha value is -4.30. The van der Waals surface area contributed by atoms with Gasteiger partial charge in [0.2, 0.25) is 0 Å². The molecule has 0 aromatic heterocycles. The van der Waals surface area contributed by atoms with Gasteiger partial charge in [-0.2, -0.15) is 0 Å². The molecule has 0 spiro atoms. The third-order valence-corrected chi connectivity index (χ3v) is 5.90. The van der Waals surface area contributed by atoms with Gasteiger partial charge in [0.05, 0.1) is 11.4 Å². The molecule has 1 N–H and O–H groups in total. The Labute approximate surface area is 195 Å². The van der Waals surface area contributed by atoms with E-state index in [-0.39, 0.29) is 0 Å². The number of hydrogen-bond acceptors (Lipinski definition) is 2. The zero-order chi connectivity index (χ0) is 22.5. The second-order valence-electron chi connectivity index (χ2n) is 8.06. The first-order valence-corrected chi connectivity index (χ1v) is 11.2. The maximum atomic E-state index is 3.60. The number of para-hydroxylation sites is 2. The molecule has 0 aliphatic rings. The Morgan fingerprint density at radius 2 is 0.909 bits per heavy atom. The van der Waals surface area contributed by atoms with Crippen molar-refractivity contribution < 1.29 is 0 Å². The quantitative estimate of drug-likeness (QED) is 0.293. The smallest absolute Gasteiger partial charge is 0.0647 e. The first kappa shape index (κ1) is 20.6. The predicted octanol–water partition coefficient (Wildman–Crippen LogP) is 8.53. The molecular weight excluding hydrogens is 400 g/mol. The lowest BCUT2D eigenvalue weighted by Crippen LogP contribution is -2.11.